The summed E-state index contributed by atoms with van der Waals surface area (Å²) < 4.78 is 30.5. The molecule has 0 fully saturated rings. The highest BCUT2D eigenvalue weighted by atomic mass is 35.5. The maximum absolute atomic E-state index is 12.4. The number of halogens is 1. The summed E-state index contributed by atoms with van der Waals surface area (Å²) in [5.41, 5.74) is 1.28. The number of carbonyl (C=O) groups is 1. The van der Waals surface area contributed by atoms with Crippen LogP contribution in [0.4, 0.5) is 5.69 Å². The molecule has 2 rings (SSSR count). The Morgan fingerprint density at radius 2 is 1.74 bits per heavy atom. The van der Waals surface area contributed by atoms with E-state index in [0.717, 1.165) is 0 Å². The Balaban J connectivity index is 2.22. The van der Waals surface area contributed by atoms with Crippen LogP contribution in [0.5, 0.6) is 5.75 Å². The summed E-state index contributed by atoms with van der Waals surface area (Å²) in [5.74, 6) is 0.268. The first-order valence-electron chi connectivity index (χ1n) is 6.85. The van der Waals surface area contributed by atoms with Crippen LogP contribution in [-0.2, 0) is 10.0 Å². The lowest BCUT2D eigenvalue weighted by Gasteiger charge is -2.08. The van der Waals surface area contributed by atoms with E-state index in [1.54, 1.807) is 43.3 Å². The fraction of sp³-hybridized carbons (Fsp3) is 0.188. The number of hydrogen-bond acceptors (Lipinski definition) is 4. The number of sulfonamides is 1. The minimum atomic E-state index is -3.34. The van der Waals surface area contributed by atoms with E-state index in [9.17, 15) is 13.2 Å². The standard InChI is InChI=1S/C16H16ClNO4S/c1-3-23(20,21)18-13-7-4-11(5-8-13)16(19)12-6-9-15(22-2)14(17)10-12/h4-10,18H,3H2,1-2H3. The van der Waals surface area contributed by atoms with Gasteiger partial charge in [0.1, 0.15) is 5.75 Å². The third-order valence-electron chi connectivity index (χ3n) is 3.21. The number of benzene rings is 2. The van der Waals surface area contributed by atoms with Gasteiger partial charge in [-0.05, 0) is 49.4 Å². The van der Waals surface area contributed by atoms with Gasteiger partial charge in [-0.1, -0.05) is 11.6 Å². The van der Waals surface area contributed by atoms with Gasteiger partial charge in [-0.25, -0.2) is 8.42 Å². The molecule has 0 heterocycles. The maximum atomic E-state index is 12.4. The Bertz CT molecular complexity index is 816. The van der Waals surface area contributed by atoms with Crippen molar-refractivity contribution >= 4 is 33.1 Å². The minimum absolute atomic E-state index is 0.0158. The summed E-state index contributed by atoms with van der Waals surface area (Å²) in [4.78, 5) is 12.4. The fourth-order valence-electron chi connectivity index (χ4n) is 1.92. The third kappa shape index (κ3) is 4.24. The van der Waals surface area contributed by atoms with Gasteiger partial charge in [0.2, 0.25) is 10.0 Å². The van der Waals surface area contributed by atoms with Gasteiger partial charge in [-0.3, -0.25) is 9.52 Å². The first kappa shape index (κ1) is 17.3. The van der Waals surface area contributed by atoms with Gasteiger partial charge in [-0.15, -0.1) is 0 Å². The average Bonchev–Trinajstić information content (AvgIpc) is 2.54. The molecule has 0 aromatic heterocycles. The van der Waals surface area contributed by atoms with Crippen LogP contribution in [0.15, 0.2) is 42.5 Å². The molecule has 0 spiro atoms. The van der Waals surface area contributed by atoms with E-state index in [1.165, 1.54) is 13.2 Å². The molecule has 0 amide bonds. The number of nitrogens with one attached hydrogen (secondary N) is 1. The second-order valence-electron chi connectivity index (χ2n) is 4.76. The summed E-state index contributed by atoms with van der Waals surface area (Å²) in [6.45, 7) is 1.55. The highest BCUT2D eigenvalue weighted by Crippen LogP contribution is 2.26. The molecule has 0 aliphatic carbocycles. The molecule has 0 saturated heterocycles. The van der Waals surface area contributed by atoms with E-state index >= 15 is 0 Å². The van der Waals surface area contributed by atoms with Crippen molar-refractivity contribution in [2.24, 2.45) is 0 Å². The zero-order valence-electron chi connectivity index (χ0n) is 12.7. The van der Waals surface area contributed by atoms with Gasteiger partial charge in [0, 0.05) is 16.8 Å². The van der Waals surface area contributed by atoms with Crippen molar-refractivity contribution in [3.63, 3.8) is 0 Å². The molecule has 0 bridgehead atoms. The van der Waals surface area contributed by atoms with Crippen molar-refractivity contribution in [2.75, 3.05) is 17.6 Å². The van der Waals surface area contributed by atoms with Crippen LogP contribution in [0.2, 0.25) is 5.02 Å². The highest BCUT2D eigenvalue weighted by molar-refractivity contribution is 7.92. The van der Waals surface area contributed by atoms with Gasteiger partial charge in [0.15, 0.2) is 5.78 Å². The molecule has 0 atom stereocenters. The van der Waals surface area contributed by atoms with E-state index in [-0.39, 0.29) is 11.5 Å². The number of anilines is 1. The molecule has 0 aliphatic heterocycles. The number of carbonyl (C=O) groups excluding carboxylic acids is 1. The highest BCUT2D eigenvalue weighted by Gasteiger charge is 2.12. The molecule has 0 unspecified atom stereocenters. The van der Waals surface area contributed by atoms with Crippen LogP contribution in [0, 0.1) is 0 Å². The fourth-order valence-corrected chi connectivity index (χ4v) is 2.81. The largest absolute Gasteiger partial charge is 0.495 e. The molecule has 0 aliphatic rings. The number of rotatable bonds is 6. The zero-order valence-corrected chi connectivity index (χ0v) is 14.2. The SMILES string of the molecule is CCS(=O)(=O)Nc1ccc(C(=O)c2ccc(OC)c(Cl)c2)cc1. The van der Waals surface area contributed by atoms with Crippen LogP contribution < -0.4 is 9.46 Å². The topological polar surface area (TPSA) is 72.5 Å². The van der Waals surface area contributed by atoms with Gasteiger partial charge in [-0.2, -0.15) is 0 Å². The molecular formula is C16H16ClNO4S. The maximum Gasteiger partial charge on any atom is 0.232 e. The minimum Gasteiger partial charge on any atom is -0.495 e. The quantitative estimate of drug-likeness (QED) is 0.808. The first-order valence-corrected chi connectivity index (χ1v) is 8.88. The van der Waals surface area contributed by atoms with Crippen molar-refractivity contribution in [3.05, 3.63) is 58.6 Å². The summed E-state index contributed by atoms with van der Waals surface area (Å²) in [6, 6.07) is 11.0. The summed E-state index contributed by atoms with van der Waals surface area (Å²) in [6.07, 6.45) is 0. The van der Waals surface area contributed by atoms with Gasteiger partial charge in [0.05, 0.1) is 17.9 Å². The number of ketones is 1. The average molecular weight is 354 g/mol. The van der Waals surface area contributed by atoms with Crippen LogP contribution >= 0.6 is 11.6 Å². The van der Waals surface area contributed by atoms with Crippen molar-refractivity contribution < 1.29 is 17.9 Å². The van der Waals surface area contributed by atoms with E-state index in [1.807, 2.05) is 0 Å². The van der Waals surface area contributed by atoms with Crippen molar-refractivity contribution in [2.45, 2.75) is 6.92 Å². The monoisotopic (exact) mass is 353 g/mol. The number of methoxy groups -OCH3 is 1. The smallest absolute Gasteiger partial charge is 0.232 e. The molecule has 0 saturated carbocycles. The van der Waals surface area contributed by atoms with E-state index in [2.05, 4.69) is 4.72 Å². The summed E-state index contributed by atoms with van der Waals surface area (Å²) in [7, 11) is -1.84. The summed E-state index contributed by atoms with van der Waals surface area (Å²) >= 11 is 6.02. The molecule has 122 valence electrons. The third-order valence-corrected chi connectivity index (χ3v) is 4.82. The Kier molecular flexibility index (Phi) is 5.28. The predicted molar refractivity (Wildman–Crippen MR) is 91.0 cm³/mol. The second kappa shape index (κ2) is 7.02. The van der Waals surface area contributed by atoms with Crippen LogP contribution in [0.25, 0.3) is 0 Å². The zero-order chi connectivity index (χ0) is 17.0. The van der Waals surface area contributed by atoms with Crippen LogP contribution in [-0.4, -0.2) is 27.1 Å². The van der Waals surface area contributed by atoms with E-state index in [0.29, 0.717) is 27.6 Å². The van der Waals surface area contributed by atoms with Crippen molar-refractivity contribution in [1.82, 2.24) is 0 Å². The lowest BCUT2D eigenvalue weighted by Crippen LogP contribution is -2.14. The Morgan fingerprint density at radius 1 is 1.13 bits per heavy atom. The lowest BCUT2D eigenvalue weighted by atomic mass is 10.0. The second-order valence-corrected chi connectivity index (χ2v) is 7.18. The molecule has 7 heteroatoms. The Labute approximate surface area is 140 Å². The van der Waals surface area contributed by atoms with Gasteiger partial charge < -0.3 is 4.74 Å². The molecule has 0 radical (unpaired) electrons. The van der Waals surface area contributed by atoms with Crippen LogP contribution in [0.1, 0.15) is 22.8 Å². The molecule has 2 aromatic rings. The van der Waals surface area contributed by atoms with E-state index < -0.39 is 10.0 Å². The molecule has 1 N–H and O–H groups in total. The number of ether oxygens (including phenoxy) is 1. The molecule has 23 heavy (non-hydrogen) atoms. The first-order chi connectivity index (χ1) is 10.9. The van der Waals surface area contributed by atoms with E-state index in [4.69, 9.17) is 16.3 Å². The van der Waals surface area contributed by atoms with Gasteiger partial charge in [0.25, 0.3) is 0 Å². The van der Waals surface area contributed by atoms with Crippen LogP contribution in [0.3, 0.4) is 0 Å². The van der Waals surface area contributed by atoms with Crippen molar-refractivity contribution in [3.8, 4) is 5.75 Å². The molecule has 2 aromatic carbocycles. The number of hydrogen-bond donors (Lipinski definition) is 1. The molecular weight excluding hydrogens is 338 g/mol. The lowest BCUT2D eigenvalue weighted by molar-refractivity contribution is 0.103. The van der Waals surface area contributed by atoms with Gasteiger partial charge >= 0.3 is 0 Å². The summed E-state index contributed by atoms with van der Waals surface area (Å²) in [5, 5.41) is 0.352. The Morgan fingerprint density at radius 3 is 2.26 bits per heavy atom. The predicted octanol–water partition coefficient (Wildman–Crippen LogP) is 3.34. The Hall–Kier alpha value is -2.05. The normalized spacial score (nSPS) is 11.1. The molecule has 5 nitrogen and oxygen atoms in total. The van der Waals surface area contributed by atoms with Crippen molar-refractivity contribution in [1.29, 1.82) is 0 Å².